The number of amides is 1. The molecule has 134 valence electrons. The summed E-state index contributed by atoms with van der Waals surface area (Å²) in [6, 6.07) is 6.14. The van der Waals surface area contributed by atoms with Gasteiger partial charge in [0.2, 0.25) is 0 Å². The molecule has 0 aliphatic heterocycles. The standard InChI is InChI=1S/C16H20F3NO4/c1-11(20(2)15(23)16(17,18)19)9-12-5-3-6-13(10-12)24-8-4-7-14(21)22/h3,5-6,10-11H,4,7-9H2,1-2H3,(H,21,22)/t11-/m0/s1. The summed E-state index contributed by atoms with van der Waals surface area (Å²) in [5.74, 6) is -2.27. The smallest absolute Gasteiger partial charge is 0.471 e. The fourth-order valence-electron chi connectivity index (χ4n) is 2.05. The number of aliphatic carboxylic acids is 1. The Kier molecular flexibility index (Phi) is 7.06. The van der Waals surface area contributed by atoms with Crippen LogP contribution in [0.2, 0.25) is 0 Å². The lowest BCUT2D eigenvalue weighted by molar-refractivity contribution is -0.185. The molecule has 1 rings (SSSR count). The van der Waals surface area contributed by atoms with E-state index in [0.717, 1.165) is 12.6 Å². The molecule has 0 radical (unpaired) electrons. The fraction of sp³-hybridized carbons (Fsp3) is 0.500. The molecule has 0 aliphatic carbocycles. The van der Waals surface area contributed by atoms with Crippen molar-refractivity contribution >= 4 is 11.9 Å². The van der Waals surface area contributed by atoms with Gasteiger partial charge in [-0.05, 0) is 37.5 Å². The predicted octanol–water partition coefficient (Wildman–Crippen LogP) is 2.88. The second-order valence-electron chi connectivity index (χ2n) is 5.46. The van der Waals surface area contributed by atoms with Crippen LogP contribution in [0.4, 0.5) is 13.2 Å². The van der Waals surface area contributed by atoms with Gasteiger partial charge in [-0.1, -0.05) is 12.1 Å². The number of alkyl halides is 3. The number of benzene rings is 1. The summed E-state index contributed by atoms with van der Waals surface area (Å²) in [5, 5.41) is 8.54. The summed E-state index contributed by atoms with van der Waals surface area (Å²) in [4.78, 5) is 22.3. The number of ether oxygens (including phenoxy) is 1. The Morgan fingerprint density at radius 2 is 2.00 bits per heavy atom. The maximum Gasteiger partial charge on any atom is 0.471 e. The number of carbonyl (C=O) groups is 2. The molecule has 5 nitrogen and oxygen atoms in total. The number of hydrogen-bond acceptors (Lipinski definition) is 3. The minimum atomic E-state index is -4.89. The minimum absolute atomic E-state index is 0.00106. The molecule has 0 saturated carbocycles. The number of carboxylic acids is 1. The Labute approximate surface area is 138 Å². The first-order chi connectivity index (χ1) is 11.1. The first-order valence-electron chi connectivity index (χ1n) is 7.38. The lowest BCUT2D eigenvalue weighted by atomic mass is 10.1. The number of nitrogens with zero attached hydrogens (tertiary/aromatic N) is 1. The maximum atomic E-state index is 12.4. The lowest BCUT2D eigenvalue weighted by Crippen LogP contribution is -2.44. The Morgan fingerprint density at radius 1 is 1.33 bits per heavy atom. The van der Waals surface area contributed by atoms with Crippen molar-refractivity contribution in [3.05, 3.63) is 29.8 Å². The highest BCUT2D eigenvalue weighted by atomic mass is 19.4. The first-order valence-corrected chi connectivity index (χ1v) is 7.38. The van der Waals surface area contributed by atoms with Gasteiger partial charge in [0.25, 0.3) is 0 Å². The van der Waals surface area contributed by atoms with Crippen LogP contribution in [0.25, 0.3) is 0 Å². The van der Waals surface area contributed by atoms with Gasteiger partial charge in [-0.15, -0.1) is 0 Å². The molecule has 1 amide bonds. The monoisotopic (exact) mass is 347 g/mol. The van der Waals surface area contributed by atoms with Crippen LogP contribution in [0.1, 0.15) is 25.3 Å². The average Bonchev–Trinajstić information content (AvgIpc) is 2.49. The van der Waals surface area contributed by atoms with Crippen molar-refractivity contribution in [2.45, 2.75) is 38.4 Å². The van der Waals surface area contributed by atoms with Crippen molar-refractivity contribution in [2.24, 2.45) is 0 Å². The third-order valence-corrected chi connectivity index (χ3v) is 3.46. The van der Waals surface area contributed by atoms with E-state index in [4.69, 9.17) is 9.84 Å². The van der Waals surface area contributed by atoms with E-state index in [1.54, 1.807) is 24.3 Å². The van der Waals surface area contributed by atoms with Gasteiger partial charge in [0.1, 0.15) is 5.75 Å². The second-order valence-corrected chi connectivity index (χ2v) is 5.46. The second kappa shape index (κ2) is 8.56. The Hall–Kier alpha value is -2.25. The van der Waals surface area contributed by atoms with E-state index >= 15 is 0 Å². The number of carbonyl (C=O) groups excluding carboxylic acids is 1. The zero-order chi connectivity index (χ0) is 18.3. The van der Waals surface area contributed by atoms with E-state index in [0.29, 0.717) is 17.1 Å². The van der Waals surface area contributed by atoms with E-state index in [1.165, 1.54) is 6.92 Å². The lowest BCUT2D eigenvalue weighted by Gasteiger charge is -2.26. The summed E-state index contributed by atoms with van der Waals surface area (Å²) in [5.41, 5.74) is 0.722. The molecular formula is C16H20F3NO4. The normalized spacial score (nSPS) is 12.5. The zero-order valence-corrected chi connectivity index (χ0v) is 13.5. The number of rotatable bonds is 8. The Bertz CT molecular complexity index is 575. The summed E-state index contributed by atoms with van der Waals surface area (Å²) >= 11 is 0. The summed E-state index contributed by atoms with van der Waals surface area (Å²) in [6.45, 7) is 1.77. The van der Waals surface area contributed by atoms with Crippen molar-refractivity contribution in [1.29, 1.82) is 0 Å². The largest absolute Gasteiger partial charge is 0.494 e. The fourth-order valence-corrected chi connectivity index (χ4v) is 2.05. The molecule has 24 heavy (non-hydrogen) atoms. The molecule has 0 bridgehead atoms. The highest BCUT2D eigenvalue weighted by Crippen LogP contribution is 2.21. The zero-order valence-electron chi connectivity index (χ0n) is 13.5. The quantitative estimate of drug-likeness (QED) is 0.735. The molecule has 1 atom stereocenters. The Morgan fingerprint density at radius 3 is 2.58 bits per heavy atom. The first kappa shape index (κ1) is 19.8. The number of halogens is 3. The SMILES string of the molecule is C[C@@H](Cc1cccc(OCCCC(=O)O)c1)N(C)C(=O)C(F)(F)F. The van der Waals surface area contributed by atoms with Crippen molar-refractivity contribution in [1.82, 2.24) is 4.90 Å². The van der Waals surface area contributed by atoms with Crippen LogP contribution in [-0.4, -0.2) is 47.8 Å². The highest BCUT2D eigenvalue weighted by molar-refractivity contribution is 5.81. The molecule has 0 heterocycles. The van der Waals surface area contributed by atoms with E-state index in [1.807, 2.05) is 0 Å². The maximum absolute atomic E-state index is 12.4. The van der Waals surface area contributed by atoms with Gasteiger partial charge < -0.3 is 14.7 Å². The molecule has 0 fully saturated rings. The van der Waals surface area contributed by atoms with E-state index < -0.39 is 24.1 Å². The van der Waals surface area contributed by atoms with E-state index in [9.17, 15) is 22.8 Å². The summed E-state index contributed by atoms with van der Waals surface area (Å²) in [7, 11) is 1.12. The molecule has 1 aromatic rings. The van der Waals surface area contributed by atoms with Gasteiger partial charge in [0, 0.05) is 19.5 Å². The van der Waals surface area contributed by atoms with Gasteiger partial charge in [-0.25, -0.2) is 0 Å². The molecule has 8 heteroatoms. The van der Waals surface area contributed by atoms with Crippen molar-refractivity contribution in [3.8, 4) is 5.75 Å². The van der Waals surface area contributed by atoms with Crippen LogP contribution in [0, 0.1) is 0 Å². The topological polar surface area (TPSA) is 66.8 Å². The predicted molar refractivity (Wildman–Crippen MR) is 80.8 cm³/mol. The third kappa shape index (κ3) is 6.47. The van der Waals surface area contributed by atoms with Crippen LogP contribution in [0.3, 0.4) is 0 Å². The minimum Gasteiger partial charge on any atom is -0.494 e. The Balaban J connectivity index is 2.60. The average molecular weight is 347 g/mol. The van der Waals surface area contributed by atoms with Crippen LogP contribution in [0.15, 0.2) is 24.3 Å². The van der Waals surface area contributed by atoms with E-state index in [2.05, 4.69) is 0 Å². The van der Waals surface area contributed by atoms with Gasteiger partial charge in [-0.3, -0.25) is 9.59 Å². The summed E-state index contributed by atoms with van der Waals surface area (Å²) < 4.78 is 42.7. The van der Waals surface area contributed by atoms with E-state index in [-0.39, 0.29) is 19.4 Å². The van der Waals surface area contributed by atoms with Gasteiger partial charge >= 0.3 is 18.1 Å². The number of hydrogen-bond donors (Lipinski definition) is 1. The van der Waals surface area contributed by atoms with Gasteiger partial charge in [0.15, 0.2) is 0 Å². The molecular weight excluding hydrogens is 327 g/mol. The molecule has 0 aliphatic rings. The van der Waals surface area contributed by atoms with Gasteiger partial charge in [0.05, 0.1) is 6.61 Å². The third-order valence-electron chi connectivity index (χ3n) is 3.46. The van der Waals surface area contributed by atoms with Crippen molar-refractivity contribution in [3.63, 3.8) is 0 Å². The number of carboxylic acid groups (broad SMARTS) is 1. The molecule has 1 N–H and O–H groups in total. The van der Waals surface area contributed by atoms with Crippen LogP contribution >= 0.6 is 0 Å². The molecule has 0 aromatic heterocycles. The number of likely N-dealkylation sites (N-methyl/N-ethyl adjacent to an activating group) is 1. The van der Waals surface area contributed by atoms with Crippen LogP contribution in [0.5, 0.6) is 5.75 Å². The summed E-state index contributed by atoms with van der Waals surface area (Å²) in [6.07, 6.45) is -4.29. The molecule has 1 aromatic carbocycles. The van der Waals surface area contributed by atoms with Crippen LogP contribution in [-0.2, 0) is 16.0 Å². The van der Waals surface area contributed by atoms with Gasteiger partial charge in [-0.2, -0.15) is 13.2 Å². The highest BCUT2D eigenvalue weighted by Gasteiger charge is 2.42. The molecule has 0 spiro atoms. The van der Waals surface area contributed by atoms with Crippen molar-refractivity contribution < 1.29 is 32.6 Å². The van der Waals surface area contributed by atoms with Crippen LogP contribution < -0.4 is 4.74 Å². The molecule has 0 unspecified atom stereocenters. The van der Waals surface area contributed by atoms with Crippen molar-refractivity contribution in [2.75, 3.05) is 13.7 Å². The molecule has 0 saturated heterocycles.